The molecule has 0 aromatic carbocycles. The average Bonchev–Trinajstić information content (AvgIpc) is 2.50. The molecular formula is C8H19N3O2S. The molecule has 1 saturated heterocycles. The van der Waals surface area contributed by atoms with Gasteiger partial charge in [-0.05, 0) is 20.0 Å². The fourth-order valence-corrected chi connectivity index (χ4v) is 2.12. The van der Waals surface area contributed by atoms with Crippen molar-refractivity contribution in [3.63, 3.8) is 0 Å². The molecule has 1 rings (SSSR count). The van der Waals surface area contributed by atoms with Crippen LogP contribution in [0.2, 0.25) is 0 Å². The van der Waals surface area contributed by atoms with E-state index in [1.807, 2.05) is 7.05 Å². The Kier molecular flexibility index (Phi) is 4.31. The van der Waals surface area contributed by atoms with Crippen LogP contribution in [0.4, 0.5) is 0 Å². The van der Waals surface area contributed by atoms with Crippen LogP contribution in [0.1, 0.15) is 6.42 Å². The smallest absolute Gasteiger partial charge is 0.208 e. The first kappa shape index (κ1) is 11.9. The van der Waals surface area contributed by atoms with Crippen molar-refractivity contribution >= 4 is 10.0 Å². The summed E-state index contributed by atoms with van der Waals surface area (Å²) in [4.78, 5) is 2.26. The van der Waals surface area contributed by atoms with Crippen LogP contribution in [0.5, 0.6) is 0 Å². The second-order valence-electron chi connectivity index (χ2n) is 3.74. The summed E-state index contributed by atoms with van der Waals surface area (Å²) < 4.78 is 24.1. The van der Waals surface area contributed by atoms with E-state index in [9.17, 15) is 8.42 Å². The lowest BCUT2D eigenvalue weighted by atomic mass is 10.3. The molecule has 0 bridgehead atoms. The molecule has 1 atom stereocenters. The molecule has 0 aromatic heterocycles. The third kappa shape index (κ3) is 4.36. The highest BCUT2D eigenvalue weighted by atomic mass is 32.2. The molecule has 0 radical (unpaired) electrons. The van der Waals surface area contributed by atoms with Crippen LogP contribution in [-0.2, 0) is 10.0 Å². The number of hydrogen-bond acceptors (Lipinski definition) is 4. The molecule has 1 unspecified atom stereocenters. The molecule has 0 spiro atoms. The maximum atomic E-state index is 10.8. The lowest BCUT2D eigenvalue weighted by molar-refractivity contribution is 0.335. The highest BCUT2D eigenvalue weighted by Crippen LogP contribution is 2.06. The Morgan fingerprint density at radius 2 is 2.21 bits per heavy atom. The molecule has 1 fully saturated rings. The van der Waals surface area contributed by atoms with Crippen LogP contribution in [0, 0.1) is 0 Å². The van der Waals surface area contributed by atoms with Gasteiger partial charge in [0.2, 0.25) is 10.0 Å². The van der Waals surface area contributed by atoms with E-state index in [4.69, 9.17) is 0 Å². The number of sulfonamides is 1. The molecule has 0 aliphatic carbocycles. The zero-order valence-electron chi connectivity index (χ0n) is 8.78. The molecular weight excluding hydrogens is 202 g/mol. The van der Waals surface area contributed by atoms with E-state index < -0.39 is 10.0 Å². The normalized spacial score (nSPS) is 24.3. The van der Waals surface area contributed by atoms with Crippen molar-refractivity contribution in [3.8, 4) is 0 Å². The molecule has 5 nitrogen and oxygen atoms in total. The fraction of sp³-hybridized carbons (Fsp3) is 1.00. The van der Waals surface area contributed by atoms with E-state index in [-0.39, 0.29) is 0 Å². The number of hydrogen-bond donors (Lipinski definition) is 2. The van der Waals surface area contributed by atoms with E-state index in [0.717, 1.165) is 26.1 Å². The molecule has 2 N–H and O–H groups in total. The Hall–Kier alpha value is -0.170. The van der Waals surface area contributed by atoms with Gasteiger partial charge in [0.25, 0.3) is 0 Å². The lowest BCUT2D eigenvalue weighted by Crippen LogP contribution is -2.35. The number of nitrogens with zero attached hydrogens (tertiary/aromatic N) is 1. The largest absolute Gasteiger partial charge is 0.316 e. The number of likely N-dealkylation sites (tertiary alicyclic amines) is 1. The van der Waals surface area contributed by atoms with Crippen molar-refractivity contribution in [3.05, 3.63) is 0 Å². The van der Waals surface area contributed by atoms with Gasteiger partial charge in [0, 0.05) is 25.7 Å². The summed E-state index contributed by atoms with van der Waals surface area (Å²) in [7, 11) is -1.07. The summed E-state index contributed by atoms with van der Waals surface area (Å²) in [6.07, 6.45) is 2.34. The van der Waals surface area contributed by atoms with Crippen molar-refractivity contribution in [2.24, 2.45) is 0 Å². The minimum absolute atomic E-state index is 0.509. The van der Waals surface area contributed by atoms with Crippen molar-refractivity contribution in [2.75, 3.05) is 39.5 Å². The summed E-state index contributed by atoms with van der Waals surface area (Å²) in [5, 5.41) is 3.22. The third-order valence-electron chi connectivity index (χ3n) is 2.47. The number of rotatable bonds is 5. The topological polar surface area (TPSA) is 61.4 Å². The molecule has 0 aromatic rings. The summed E-state index contributed by atoms with van der Waals surface area (Å²) >= 11 is 0. The summed E-state index contributed by atoms with van der Waals surface area (Å²) in [5.74, 6) is 0. The zero-order chi connectivity index (χ0) is 10.6. The van der Waals surface area contributed by atoms with Gasteiger partial charge in [-0.2, -0.15) is 0 Å². The van der Waals surface area contributed by atoms with Crippen LogP contribution < -0.4 is 10.0 Å². The highest BCUT2D eigenvalue weighted by molar-refractivity contribution is 7.88. The molecule has 1 aliphatic heterocycles. The molecule has 6 heteroatoms. The standard InChI is InChI=1S/C8H19N3O2S/c1-9-8-3-5-11(7-8)6-4-10-14(2,12)13/h8-10H,3-7H2,1-2H3. The van der Waals surface area contributed by atoms with Crippen LogP contribution >= 0.6 is 0 Å². The van der Waals surface area contributed by atoms with Crippen molar-refractivity contribution in [1.82, 2.24) is 14.9 Å². The molecule has 14 heavy (non-hydrogen) atoms. The Morgan fingerprint density at radius 1 is 1.50 bits per heavy atom. The maximum Gasteiger partial charge on any atom is 0.208 e. The second kappa shape index (κ2) is 5.06. The van der Waals surface area contributed by atoms with E-state index in [1.54, 1.807) is 0 Å². The Morgan fingerprint density at radius 3 is 2.71 bits per heavy atom. The van der Waals surface area contributed by atoms with Gasteiger partial charge >= 0.3 is 0 Å². The highest BCUT2D eigenvalue weighted by Gasteiger charge is 2.20. The van der Waals surface area contributed by atoms with Crippen LogP contribution in [-0.4, -0.2) is 58.8 Å². The zero-order valence-corrected chi connectivity index (χ0v) is 9.60. The molecule has 1 heterocycles. The lowest BCUT2D eigenvalue weighted by Gasteiger charge is -2.15. The van der Waals surface area contributed by atoms with Crippen molar-refractivity contribution in [2.45, 2.75) is 12.5 Å². The second-order valence-corrected chi connectivity index (χ2v) is 5.57. The fourth-order valence-electron chi connectivity index (χ4n) is 1.66. The van der Waals surface area contributed by atoms with Crippen molar-refractivity contribution in [1.29, 1.82) is 0 Å². The van der Waals surface area contributed by atoms with Gasteiger partial charge in [-0.1, -0.05) is 0 Å². The van der Waals surface area contributed by atoms with Gasteiger partial charge in [0.1, 0.15) is 0 Å². The van der Waals surface area contributed by atoms with Gasteiger partial charge in [0.15, 0.2) is 0 Å². The van der Waals surface area contributed by atoms with E-state index in [1.165, 1.54) is 6.26 Å². The minimum atomic E-state index is -3.03. The summed E-state index contributed by atoms with van der Waals surface area (Å²) in [6.45, 7) is 3.37. The number of nitrogens with one attached hydrogen (secondary N) is 2. The van der Waals surface area contributed by atoms with E-state index in [0.29, 0.717) is 12.6 Å². The van der Waals surface area contributed by atoms with Crippen molar-refractivity contribution < 1.29 is 8.42 Å². The van der Waals surface area contributed by atoms with E-state index in [2.05, 4.69) is 14.9 Å². The SMILES string of the molecule is CNC1CCN(CCNS(C)(=O)=O)C1. The first-order valence-corrected chi connectivity index (χ1v) is 6.74. The molecule has 1 aliphatic rings. The maximum absolute atomic E-state index is 10.8. The molecule has 84 valence electrons. The average molecular weight is 221 g/mol. The van der Waals surface area contributed by atoms with Gasteiger partial charge in [0.05, 0.1) is 6.26 Å². The predicted octanol–water partition coefficient (Wildman–Crippen LogP) is -1.17. The molecule has 0 saturated carbocycles. The third-order valence-corrected chi connectivity index (χ3v) is 3.20. The Labute approximate surface area is 85.9 Å². The van der Waals surface area contributed by atoms with Gasteiger partial charge in [-0.15, -0.1) is 0 Å². The molecule has 0 amide bonds. The monoisotopic (exact) mass is 221 g/mol. The Balaban J connectivity index is 2.15. The van der Waals surface area contributed by atoms with E-state index >= 15 is 0 Å². The van der Waals surface area contributed by atoms with Crippen LogP contribution in [0.25, 0.3) is 0 Å². The summed E-state index contributed by atoms with van der Waals surface area (Å²) in [6, 6.07) is 0.563. The quantitative estimate of drug-likeness (QED) is 0.614. The van der Waals surface area contributed by atoms with Crippen LogP contribution in [0.3, 0.4) is 0 Å². The Bertz CT molecular complexity index is 266. The number of likely N-dealkylation sites (N-methyl/N-ethyl adjacent to an activating group) is 1. The minimum Gasteiger partial charge on any atom is -0.316 e. The van der Waals surface area contributed by atoms with Gasteiger partial charge < -0.3 is 10.2 Å². The first-order chi connectivity index (χ1) is 6.51. The predicted molar refractivity (Wildman–Crippen MR) is 56.8 cm³/mol. The first-order valence-electron chi connectivity index (χ1n) is 4.85. The van der Waals surface area contributed by atoms with Gasteiger partial charge in [-0.25, -0.2) is 13.1 Å². The summed E-state index contributed by atoms with van der Waals surface area (Å²) in [5.41, 5.74) is 0. The van der Waals surface area contributed by atoms with Crippen LogP contribution in [0.15, 0.2) is 0 Å². The van der Waals surface area contributed by atoms with Gasteiger partial charge in [-0.3, -0.25) is 0 Å².